The van der Waals surface area contributed by atoms with E-state index in [0.717, 1.165) is 28.5 Å². The summed E-state index contributed by atoms with van der Waals surface area (Å²) in [5, 5.41) is 12.7. The van der Waals surface area contributed by atoms with Gasteiger partial charge in [0.15, 0.2) is 0 Å². The Balaban J connectivity index is 2.07. The highest BCUT2D eigenvalue weighted by Crippen LogP contribution is 2.29. The number of anilines is 1. The second-order valence-corrected chi connectivity index (χ2v) is 7.40. The standard InChI is InChI=1S/C17H23N3O2S2/c1-4-12(5-2)16-19-20-17(24-16)18-15(21)13-8-6-7-9-14(13)23-11-10-22-3/h6-9,12H,4-5,10-11H2,1-3H3,(H,18,20,21). The summed E-state index contributed by atoms with van der Waals surface area (Å²) in [6.45, 7) is 4.93. The highest BCUT2D eigenvalue weighted by molar-refractivity contribution is 7.99. The van der Waals surface area contributed by atoms with Crippen molar-refractivity contribution in [3.05, 3.63) is 34.8 Å². The van der Waals surface area contributed by atoms with Crippen LogP contribution in [-0.2, 0) is 4.74 Å². The van der Waals surface area contributed by atoms with Gasteiger partial charge in [-0.3, -0.25) is 10.1 Å². The van der Waals surface area contributed by atoms with Gasteiger partial charge in [-0.05, 0) is 25.0 Å². The van der Waals surface area contributed by atoms with Gasteiger partial charge < -0.3 is 4.74 Å². The highest BCUT2D eigenvalue weighted by atomic mass is 32.2. The number of carbonyl (C=O) groups excluding carboxylic acids is 1. The molecule has 1 aromatic carbocycles. The number of rotatable bonds is 9. The van der Waals surface area contributed by atoms with Crippen molar-refractivity contribution in [1.82, 2.24) is 10.2 Å². The summed E-state index contributed by atoms with van der Waals surface area (Å²) in [5.74, 6) is 1.06. The van der Waals surface area contributed by atoms with Crippen molar-refractivity contribution >= 4 is 34.1 Å². The van der Waals surface area contributed by atoms with Crippen molar-refractivity contribution in [3.63, 3.8) is 0 Å². The predicted molar refractivity (Wildman–Crippen MR) is 100 cm³/mol. The molecular formula is C17H23N3O2S2. The van der Waals surface area contributed by atoms with Gasteiger partial charge in [0.05, 0.1) is 12.2 Å². The van der Waals surface area contributed by atoms with Crippen LogP contribution in [0.15, 0.2) is 29.2 Å². The predicted octanol–water partition coefficient (Wildman–Crippen LogP) is 4.43. The molecule has 0 bridgehead atoms. The van der Waals surface area contributed by atoms with E-state index >= 15 is 0 Å². The molecule has 0 aliphatic rings. The molecule has 24 heavy (non-hydrogen) atoms. The lowest BCUT2D eigenvalue weighted by atomic mass is 10.1. The zero-order valence-corrected chi connectivity index (χ0v) is 15.9. The van der Waals surface area contributed by atoms with Crippen molar-refractivity contribution < 1.29 is 9.53 Å². The first-order valence-electron chi connectivity index (χ1n) is 8.05. The molecule has 2 aromatic rings. The lowest BCUT2D eigenvalue weighted by Gasteiger charge is -2.08. The number of ether oxygens (including phenoxy) is 1. The van der Waals surface area contributed by atoms with E-state index in [-0.39, 0.29) is 5.91 Å². The smallest absolute Gasteiger partial charge is 0.258 e. The first kappa shape index (κ1) is 18.9. The van der Waals surface area contributed by atoms with Crippen molar-refractivity contribution in [1.29, 1.82) is 0 Å². The second kappa shape index (κ2) is 9.76. The molecular weight excluding hydrogens is 342 g/mol. The third-order valence-electron chi connectivity index (χ3n) is 3.67. The molecule has 0 saturated carbocycles. The first-order chi connectivity index (χ1) is 11.7. The van der Waals surface area contributed by atoms with E-state index in [1.54, 1.807) is 18.9 Å². The summed E-state index contributed by atoms with van der Waals surface area (Å²) in [5.41, 5.74) is 0.651. The molecule has 2 rings (SSSR count). The topological polar surface area (TPSA) is 64.1 Å². The Morgan fingerprint density at radius 3 is 2.75 bits per heavy atom. The van der Waals surface area contributed by atoms with E-state index in [2.05, 4.69) is 29.4 Å². The lowest BCUT2D eigenvalue weighted by Crippen LogP contribution is -2.13. The van der Waals surface area contributed by atoms with E-state index in [1.807, 2.05) is 24.3 Å². The molecule has 130 valence electrons. The summed E-state index contributed by atoms with van der Waals surface area (Å²) >= 11 is 3.07. The molecule has 0 radical (unpaired) electrons. The Kier molecular flexibility index (Phi) is 7.68. The molecule has 0 spiro atoms. The molecule has 1 aromatic heterocycles. The van der Waals surface area contributed by atoms with Crippen LogP contribution < -0.4 is 5.32 Å². The fourth-order valence-electron chi connectivity index (χ4n) is 2.27. The van der Waals surface area contributed by atoms with E-state index in [4.69, 9.17) is 4.74 Å². The van der Waals surface area contributed by atoms with Crippen LogP contribution in [0.2, 0.25) is 0 Å². The Morgan fingerprint density at radius 2 is 2.04 bits per heavy atom. The third kappa shape index (κ3) is 5.03. The number of amides is 1. The summed E-state index contributed by atoms with van der Waals surface area (Å²) in [6.07, 6.45) is 2.05. The maximum Gasteiger partial charge on any atom is 0.258 e. The molecule has 1 heterocycles. The molecule has 5 nitrogen and oxygen atoms in total. The molecule has 0 aliphatic carbocycles. The number of nitrogens with zero attached hydrogens (tertiary/aromatic N) is 2. The Morgan fingerprint density at radius 1 is 1.29 bits per heavy atom. The van der Waals surface area contributed by atoms with Crippen molar-refractivity contribution in [2.24, 2.45) is 0 Å². The summed E-state index contributed by atoms with van der Waals surface area (Å²) < 4.78 is 5.07. The third-order valence-corrected chi connectivity index (χ3v) is 5.71. The van der Waals surface area contributed by atoms with Crippen molar-refractivity contribution in [2.75, 3.05) is 24.8 Å². The minimum atomic E-state index is -0.150. The second-order valence-electron chi connectivity index (χ2n) is 5.25. The molecule has 0 saturated heterocycles. The zero-order valence-electron chi connectivity index (χ0n) is 14.2. The fourth-order valence-corrected chi connectivity index (χ4v) is 4.23. The summed E-state index contributed by atoms with van der Waals surface area (Å²) in [6, 6.07) is 7.57. The van der Waals surface area contributed by atoms with Crippen LogP contribution in [0.1, 0.15) is 48.0 Å². The van der Waals surface area contributed by atoms with Crippen LogP contribution in [0.25, 0.3) is 0 Å². The van der Waals surface area contributed by atoms with Gasteiger partial charge in [0.2, 0.25) is 5.13 Å². The number of aromatic nitrogens is 2. The minimum Gasteiger partial charge on any atom is -0.384 e. The first-order valence-corrected chi connectivity index (χ1v) is 9.85. The number of methoxy groups -OCH3 is 1. The van der Waals surface area contributed by atoms with E-state index in [9.17, 15) is 4.79 Å². The van der Waals surface area contributed by atoms with Gasteiger partial charge in [-0.1, -0.05) is 37.3 Å². The molecule has 1 amide bonds. The molecule has 0 aliphatic heterocycles. The number of thioether (sulfide) groups is 1. The minimum absolute atomic E-state index is 0.150. The Hall–Kier alpha value is -1.44. The summed E-state index contributed by atoms with van der Waals surface area (Å²) in [4.78, 5) is 13.5. The lowest BCUT2D eigenvalue weighted by molar-refractivity contribution is 0.102. The van der Waals surface area contributed by atoms with Crippen molar-refractivity contribution in [3.8, 4) is 0 Å². The average molecular weight is 366 g/mol. The molecule has 0 unspecified atom stereocenters. The SMILES string of the molecule is CCC(CC)c1nnc(NC(=O)c2ccccc2SCCOC)s1. The van der Waals surface area contributed by atoms with Gasteiger partial charge >= 0.3 is 0 Å². The maximum absolute atomic E-state index is 12.6. The number of nitrogens with one attached hydrogen (secondary N) is 1. The van der Waals surface area contributed by atoms with Crippen LogP contribution in [0.5, 0.6) is 0 Å². The molecule has 0 fully saturated rings. The van der Waals surface area contributed by atoms with Gasteiger partial charge in [0, 0.05) is 23.7 Å². The molecule has 0 atom stereocenters. The monoisotopic (exact) mass is 365 g/mol. The van der Waals surface area contributed by atoms with E-state index in [0.29, 0.717) is 23.2 Å². The fraction of sp³-hybridized carbons (Fsp3) is 0.471. The quantitative estimate of drug-likeness (QED) is 0.526. The zero-order chi connectivity index (χ0) is 17.4. The van der Waals surface area contributed by atoms with Crippen LogP contribution in [-0.4, -0.2) is 35.6 Å². The van der Waals surface area contributed by atoms with Crippen molar-refractivity contribution in [2.45, 2.75) is 37.5 Å². The van der Waals surface area contributed by atoms with Gasteiger partial charge in [-0.25, -0.2) is 0 Å². The Labute approximate surface area is 151 Å². The normalized spacial score (nSPS) is 11.0. The van der Waals surface area contributed by atoms with Crippen LogP contribution >= 0.6 is 23.1 Å². The van der Waals surface area contributed by atoms with Gasteiger partial charge in [0.25, 0.3) is 5.91 Å². The van der Waals surface area contributed by atoms with E-state index < -0.39 is 0 Å². The van der Waals surface area contributed by atoms with E-state index in [1.165, 1.54) is 11.3 Å². The molecule has 7 heteroatoms. The number of carbonyl (C=O) groups is 1. The number of benzene rings is 1. The van der Waals surface area contributed by atoms with Crippen LogP contribution in [0.4, 0.5) is 5.13 Å². The van der Waals surface area contributed by atoms with Crippen LogP contribution in [0.3, 0.4) is 0 Å². The number of hydrogen-bond acceptors (Lipinski definition) is 6. The average Bonchev–Trinajstić information content (AvgIpc) is 3.05. The van der Waals surface area contributed by atoms with Gasteiger partial charge in [-0.15, -0.1) is 22.0 Å². The summed E-state index contributed by atoms with van der Waals surface area (Å²) in [7, 11) is 1.67. The van der Waals surface area contributed by atoms with Gasteiger partial charge in [0.1, 0.15) is 5.01 Å². The Bertz CT molecular complexity index is 657. The maximum atomic E-state index is 12.6. The number of hydrogen-bond donors (Lipinski definition) is 1. The van der Waals surface area contributed by atoms with Crippen LogP contribution in [0, 0.1) is 0 Å². The largest absolute Gasteiger partial charge is 0.384 e. The highest BCUT2D eigenvalue weighted by Gasteiger charge is 2.16. The van der Waals surface area contributed by atoms with Gasteiger partial charge in [-0.2, -0.15) is 0 Å². The molecule has 1 N–H and O–H groups in total.